The first-order chi connectivity index (χ1) is 6.14. The summed E-state index contributed by atoms with van der Waals surface area (Å²) < 4.78 is 89.2. The highest BCUT2D eigenvalue weighted by atomic mass is 19.4. The van der Waals surface area contributed by atoms with Gasteiger partial charge < -0.3 is 9.47 Å². The van der Waals surface area contributed by atoms with E-state index in [0.29, 0.717) is 0 Å². The van der Waals surface area contributed by atoms with Crippen molar-refractivity contribution in [2.45, 2.75) is 18.4 Å². The van der Waals surface area contributed by atoms with Crippen molar-refractivity contribution in [3.63, 3.8) is 0 Å². The Bertz CT molecular complexity index is 264. The van der Waals surface area contributed by atoms with E-state index in [2.05, 4.69) is 9.47 Å². The van der Waals surface area contributed by atoms with Gasteiger partial charge in [-0.25, -0.2) is 0 Å². The number of ether oxygens (including phenoxy) is 2. The molecule has 0 bridgehead atoms. The lowest BCUT2D eigenvalue weighted by molar-refractivity contribution is -0.290. The molecule has 1 rings (SSSR count). The molecule has 0 aliphatic carbocycles. The van der Waals surface area contributed by atoms with Crippen LogP contribution in [0.15, 0.2) is 12.0 Å². The van der Waals surface area contributed by atoms with Crippen LogP contribution in [0.2, 0.25) is 0 Å². The quantitative estimate of drug-likeness (QED) is 0.591. The molecule has 14 heavy (non-hydrogen) atoms. The van der Waals surface area contributed by atoms with Crippen molar-refractivity contribution in [2.24, 2.45) is 0 Å². The molecule has 0 N–H and O–H groups in total. The van der Waals surface area contributed by atoms with Crippen molar-refractivity contribution in [1.29, 1.82) is 0 Å². The van der Waals surface area contributed by atoms with E-state index >= 15 is 0 Å². The lowest BCUT2D eigenvalue weighted by Gasteiger charge is -2.16. The number of halogens is 7. The largest absolute Gasteiger partial charge is 0.447 e. The zero-order valence-electron chi connectivity index (χ0n) is 6.04. The average molecular weight is 226 g/mol. The molecule has 0 spiro atoms. The van der Waals surface area contributed by atoms with Crippen molar-refractivity contribution >= 4 is 0 Å². The predicted molar refractivity (Wildman–Crippen MR) is 26.2 cm³/mol. The minimum absolute atomic E-state index is 2.10. The molecule has 0 aromatic carbocycles. The summed E-state index contributed by atoms with van der Waals surface area (Å²) in [6, 6.07) is 0. The molecular formula is C5HF7O2. The van der Waals surface area contributed by atoms with Crippen molar-refractivity contribution in [3.8, 4) is 0 Å². The van der Waals surface area contributed by atoms with Gasteiger partial charge in [0.25, 0.3) is 6.10 Å². The van der Waals surface area contributed by atoms with Crippen LogP contribution < -0.4 is 0 Å². The molecular weight excluding hydrogens is 225 g/mol. The molecule has 0 amide bonds. The van der Waals surface area contributed by atoms with Gasteiger partial charge in [-0.05, 0) is 0 Å². The SMILES string of the molecule is FC(F)=C1OC(C(F)(F)F)C(F)(F)O1. The predicted octanol–water partition coefficient (Wildman–Crippen LogP) is 2.62. The summed E-state index contributed by atoms with van der Waals surface area (Å²) in [6.45, 7) is 0. The molecule has 1 atom stereocenters. The first-order valence-electron chi connectivity index (χ1n) is 3.00. The summed E-state index contributed by atoms with van der Waals surface area (Å²) in [5, 5.41) is 0. The molecule has 1 aliphatic heterocycles. The normalized spacial score (nSPS) is 25.6. The fourth-order valence-electron chi connectivity index (χ4n) is 0.717. The molecule has 1 fully saturated rings. The standard InChI is InChI=1S/C5HF7O2/c6-1(7)2-13-3(4(8,9)10)5(11,12)14-2/h3H. The highest BCUT2D eigenvalue weighted by Crippen LogP contribution is 2.44. The molecule has 0 aromatic heterocycles. The smallest absolute Gasteiger partial charge is 0.437 e. The Kier molecular flexibility index (Phi) is 2.28. The van der Waals surface area contributed by atoms with Crippen molar-refractivity contribution in [1.82, 2.24) is 0 Å². The van der Waals surface area contributed by atoms with Gasteiger partial charge >= 0.3 is 24.3 Å². The Morgan fingerprint density at radius 3 is 1.93 bits per heavy atom. The van der Waals surface area contributed by atoms with E-state index in [4.69, 9.17) is 0 Å². The minimum Gasteiger partial charge on any atom is -0.437 e. The van der Waals surface area contributed by atoms with Crippen LogP contribution in [0.3, 0.4) is 0 Å². The second kappa shape index (κ2) is 2.92. The third kappa shape index (κ3) is 1.85. The zero-order chi connectivity index (χ0) is 11.1. The van der Waals surface area contributed by atoms with E-state index in [-0.39, 0.29) is 0 Å². The van der Waals surface area contributed by atoms with Crippen molar-refractivity contribution < 1.29 is 40.2 Å². The van der Waals surface area contributed by atoms with Gasteiger partial charge in [-0.15, -0.1) is 0 Å². The fraction of sp³-hybridized carbons (Fsp3) is 0.600. The number of rotatable bonds is 0. The number of hydrogen-bond donors (Lipinski definition) is 0. The Balaban J connectivity index is 2.97. The van der Waals surface area contributed by atoms with E-state index in [1.54, 1.807) is 0 Å². The Morgan fingerprint density at radius 2 is 1.71 bits per heavy atom. The molecule has 1 heterocycles. The molecule has 9 heteroatoms. The molecule has 0 saturated carbocycles. The molecule has 1 unspecified atom stereocenters. The van der Waals surface area contributed by atoms with Crippen LogP contribution in [0.25, 0.3) is 0 Å². The van der Waals surface area contributed by atoms with Crippen LogP contribution >= 0.6 is 0 Å². The monoisotopic (exact) mass is 226 g/mol. The van der Waals surface area contributed by atoms with Crippen molar-refractivity contribution in [2.75, 3.05) is 0 Å². The van der Waals surface area contributed by atoms with Crippen LogP contribution in [-0.2, 0) is 9.47 Å². The van der Waals surface area contributed by atoms with E-state index in [0.717, 1.165) is 0 Å². The fourth-order valence-corrected chi connectivity index (χ4v) is 0.717. The van der Waals surface area contributed by atoms with Crippen LogP contribution in [0.4, 0.5) is 30.7 Å². The van der Waals surface area contributed by atoms with E-state index < -0.39 is 30.4 Å². The number of hydrogen-bond acceptors (Lipinski definition) is 2. The van der Waals surface area contributed by atoms with Gasteiger partial charge in [0.1, 0.15) is 0 Å². The summed E-state index contributed by atoms with van der Waals surface area (Å²) in [4.78, 5) is 0. The maximum absolute atomic E-state index is 12.3. The van der Waals surface area contributed by atoms with E-state index in [1.807, 2.05) is 0 Å². The second-order valence-electron chi connectivity index (χ2n) is 2.25. The van der Waals surface area contributed by atoms with Gasteiger partial charge in [-0.3, -0.25) is 0 Å². The van der Waals surface area contributed by atoms with Crippen LogP contribution in [0, 0.1) is 0 Å². The van der Waals surface area contributed by atoms with Crippen LogP contribution in [0.1, 0.15) is 0 Å². The van der Waals surface area contributed by atoms with E-state index in [1.165, 1.54) is 0 Å². The second-order valence-corrected chi connectivity index (χ2v) is 2.25. The van der Waals surface area contributed by atoms with E-state index in [9.17, 15) is 30.7 Å². The first-order valence-corrected chi connectivity index (χ1v) is 3.00. The van der Waals surface area contributed by atoms with Gasteiger partial charge in [0.2, 0.25) is 0 Å². The van der Waals surface area contributed by atoms with Crippen molar-refractivity contribution in [3.05, 3.63) is 12.0 Å². The maximum atomic E-state index is 12.3. The lowest BCUT2D eigenvalue weighted by atomic mass is 10.3. The molecule has 0 aromatic rings. The van der Waals surface area contributed by atoms with Gasteiger partial charge in [0, 0.05) is 0 Å². The molecule has 1 aliphatic rings. The Labute approximate surface area is 71.9 Å². The third-order valence-corrected chi connectivity index (χ3v) is 1.21. The highest BCUT2D eigenvalue weighted by Gasteiger charge is 2.66. The Morgan fingerprint density at radius 1 is 1.21 bits per heavy atom. The summed E-state index contributed by atoms with van der Waals surface area (Å²) in [7, 11) is 0. The Hall–Kier alpha value is -1.15. The van der Waals surface area contributed by atoms with Gasteiger partial charge in [-0.2, -0.15) is 30.7 Å². The topological polar surface area (TPSA) is 18.5 Å². The highest BCUT2D eigenvalue weighted by molar-refractivity contribution is 4.96. The van der Waals surface area contributed by atoms with Gasteiger partial charge in [0.05, 0.1) is 0 Å². The minimum atomic E-state index is -5.49. The molecule has 2 nitrogen and oxygen atoms in total. The molecule has 1 saturated heterocycles. The molecule has 82 valence electrons. The summed E-state index contributed by atoms with van der Waals surface area (Å²) in [5.41, 5.74) is 0. The average Bonchev–Trinajstić information content (AvgIpc) is 2.24. The number of alkyl halides is 5. The first kappa shape index (κ1) is 10.9. The van der Waals surface area contributed by atoms with Crippen LogP contribution in [-0.4, -0.2) is 18.4 Å². The summed E-state index contributed by atoms with van der Waals surface area (Å²) in [5.74, 6) is -2.10. The van der Waals surface area contributed by atoms with Gasteiger partial charge in [0.15, 0.2) is 0 Å². The summed E-state index contributed by atoms with van der Waals surface area (Å²) >= 11 is 0. The third-order valence-electron chi connectivity index (χ3n) is 1.21. The van der Waals surface area contributed by atoms with Gasteiger partial charge in [-0.1, -0.05) is 0 Å². The molecule has 0 radical (unpaired) electrons. The maximum Gasteiger partial charge on any atom is 0.447 e. The lowest BCUT2D eigenvalue weighted by Crippen LogP contribution is -2.42. The summed E-state index contributed by atoms with van der Waals surface area (Å²) in [6.07, 6.45) is -16.9. The zero-order valence-corrected chi connectivity index (χ0v) is 6.04. The van der Waals surface area contributed by atoms with Crippen LogP contribution in [0.5, 0.6) is 0 Å².